The topological polar surface area (TPSA) is 56.8 Å². The van der Waals surface area contributed by atoms with E-state index in [2.05, 4.69) is 72.2 Å². The van der Waals surface area contributed by atoms with Crippen molar-refractivity contribution in [1.29, 1.82) is 0 Å². The number of aromatic nitrogens is 2. The molecule has 2 saturated heterocycles. The lowest BCUT2D eigenvalue weighted by atomic mass is 10.0. The molecule has 7 nitrogen and oxygen atoms in total. The number of anilines is 2. The van der Waals surface area contributed by atoms with Crippen molar-refractivity contribution in [2.75, 3.05) is 64.1 Å². The van der Waals surface area contributed by atoms with Crippen LogP contribution >= 0.6 is 0 Å². The van der Waals surface area contributed by atoms with Crippen molar-refractivity contribution in [3.63, 3.8) is 0 Å². The smallest absolute Gasteiger partial charge is 0.227 e. The summed E-state index contributed by atoms with van der Waals surface area (Å²) in [5.74, 6) is 2.65. The van der Waals surface area contributed by atoms with Crippen LogP contribution in [0.15, 0.2) is 18.2 Å². The van der Waals surface area contributed by atoms with Crippen LogP contribution in [0.1, 0.15) is 51.5 Å². The fourth-order valence-electron chi connectivity index (χ4n) is 4.93. The third kappa shape index (κ3) is 5.99. The molecular formula is C27H42N6O. The number of hydrogen-bond acceptors (Lipinski definition) is 7. The van der Waals surface area contributed by atoms with E-state index in [0.29, 0.717) is 12.1 Å². The largest absolute Gasteiger partial charge is 0.496 e. The van der Waals surface area contributed by atoms with Crippen molar-refractivity contribution < 1.29 is 4.74 Å². The van der Waals surface area contributed by atoms with Gasteiger partial charge in [-0.15, -0.1) is 0 Å². The Morgan fingerprint density at radius 1 is 1.12 bits per heavy atom. The van der Waals surface area contributed by atoms with Crippen molar-refractivity contribution in [3.8, 4) is 5.75 Å². The second-order valence-corrected chi connectivity index (χ2v) is 10.2. The average Bonchev–Trinajstić information content (AvgIpc) is 3.36. The molecule has 0 radical (unpaired) electrons. The number of likely N-dealkylation sites (tertiary alicyclic amines) is 1. The second-order valence-electron chi connectivity index (χ2n) is 10.2. The van der Waals surface area contributed by atoms with Crippen molar-refractivity contribution in [1.82, 2.24) is 19.8 Å². The number of piperidine rings is 1. The summed E-state index contributed by atoms with van der Waals surface area (Å²) in [5.41, 5.74) is 2.04. The zero-order chi connectivity index (χ0) is 24.1. The summed E-state index contributed by atoms with van der Waals surface area (Å²) in [4.78, 5) is 17.1. The van der Waals surface area contributed by atoms with E-state index in [0.717, 1.165) is 86.0 Å². The van der Waals surface area contributed by atoms with E-state index in [1.165, 1.54) is 12.8 Å². The first kappa shape index (κ1) is 24.7. The maximum Gasteiger partial charge on any atom is 0.227 e. The number of benzene rings is 1. The first-order valence-corrected chi connectivity index (χ1v) is 12.9. The molecule has 0 spiro atoms. The van der Waals surface area contributed by atoms with Gasteiger partial charge in [-0.25, -0.2) is 4.98 Å². The van der Waals surface area contributed by atoms with E-state index in [4.69, 9.17) is 14.7 Å². The van der Waals surface area contributed by atoms with Gasteiger partial charge in [-0.3, -0.25) is 0 Å². The lowest BCUT2D eigenvalue weighted by molar-refractivity contribution is 0.177. The van der Waals surface area contributed by atoms with Gasteiger partial charge in [0.05, 0.1) is 12.6 Å². The number of ether oxygens (including phenoxy) is 1. The third-order valence-corrected chi connectivity index (χ3v) is 7.07. The van der Waals surface area contributed by atoms with Gasteiger partial charge < -0.3 is 24.8 Å². The zero-order valence-corrected chi connectivity index (χ0v) is 21.7. The van der Waals surface area contributed by atoms with E-state index in [-0.39, 0.29) is 0 Å². The molecule has 1 aromatic heterocycles. The van der Waals surface area contributed by atoms with Crippen LogP contribution in [-0.2, 0) is 0 Å². The number of nitrogens with one attached hydrogen (secondary N) is 1. The van der Waals surface area contributed by atoms with Crippen molar-refractivity contribution in [3.05, 3.63) is 23.8 Å². The maximum atomic E-state index is 5.78. The monoisotopic (exact) mass is 466 g/mol. The van der Waals surface area contributed by atoms with E-state index in [9.17, 15) is 0 Å². The van der Waals surface area contributed by atoms with Crippen LogP contribution in [0.3, 0.4) is 0 Å². The second kappa shape index (κ2) is 11.4. The Balaban J connectivity index is 1.65. The number of methoxy groups -OCH3 is 1. The molecule has 34 heavy (non-hydrogen) atoms. The predicted molar refractivity (Wildman–Crippen MR) is 143 cm³/mol. The highest BCUT2D eigenvalue weighted by Crippen LogP contribution is 2.33. The molecule has 186 valence electrons. The normalized spacial score (nSPS) is 18.1. The van der Waals surface area contributed by atoms with Gasteiger partial charge in [0.25, 0.3) is 0 Å². The molecule has 2 aromatic rings. The minimum absolute atomic E-state index is 0.427. The van der Waals surface area contributed by atoms with E-state index < -0.39 is 0 Å². The predicted octanol–water partition coefficient (Wildman–Crippen LogP) is 4.49. The van der Waals surface area contributed by atoms with Gasteiger partial charge in [-0.2, -0.15) is 4.98 Å². The molecule has 0 bridgehead atoms. The Kier molecular flexibility index (Phi) is 8.27. The molecule has 0 atom stereocenters. The number of fused-ring (bicyclic) bond motifs is 1. The molecule has 2 fully saturated rings. The quantitative estimate of drug-likeness (QED) is 0.584. The highest BCUT2D eigenvalue weighted by atomic mass is 16.5. The number of hydrogen-bond donors (Lipinski definition) is 1. The van der Waals surface area contributed by atoms with Crippen LogP contribution in [0.2, 0.25) is 0 Å². The molecule has 7 heteroatoms. The summed E-state index contributed by atoms with van der Waals surface area (Å²) in [6.07, 6.45) is 10.1. The van der Waals surface area contributed by atoms with Crippen LogP contribution in [0, 0.1) is 0 Å². The van der Waals surface area contributed by atoms with Crippen LogP contribution < -0.4 is 15.0 Å². The van der Waals surface area contributed by atoms with Crippen LogP contribution in [0.4, 0.5) is 11.8 Å². The zero-order valence-electron chi connectivity index (χ0n) is 21.7. The highest BCUT2D eigenvalue weighted by molar-refractivity contribution is 5.93. The Labute approximate surface area is 205 Å². The molecule has 0 amide bonds. The van der Waals surface area contributed by atoms with Crippen molar-refractivity contribution >= 4 is 28.7 Å². The lowest BCUT2D eigenvalue weighted by Gasteiger charge is -2.35. The summed E-state index contributed by atoms with van der Waals surface area (Å²) in [7, 11) is 5.94. The van der Waals surface area contributed by atoms with Gasteiger partial charge in [0.1, 0.15) is 11.6 Å². The molecule has 0 aliphatic carbocycles. The maximum absolute atomic E-state index is 5.78. The first-order valence-electron chi connectivity index (χ1n) is 12.9. The van der Waals surface area contributed by atoms with Gasteiger partial charge in [0, 0.05) is 55.8 Å². The van der Waals surface area contributed by atoms with Gasteiger partial charge in [-0.1, -0.05) is 12.2 Å². The molecule has 4 rings (SSSR count). The molecule has 2 aliphatic heterocycles. The van der Waals surface area contributed by atoms with Crippen molar-refractivity contribution in [2.24, 2.45) is 0 Å². The SMILES string of the molecule is COc1cc2c(NC3CCN(C(C)C)CC3)nc(N3CCCC3)nc2cc1/C=C/CCN(C)C. The molecule has 2 aliphatic rings. The van der Waals surface area contributed by atoms with Crippen molar-refractivity contribution in [2.45, 2.75) is 58.0 Å². The van der Waals surface area contributed by atoms with E-state index >= 15 is 0 Å². The summed E-state index contributed by atoms with van der Waals surface area (Å²) < 4.78 is 5.78. The van der Waals surface area contributed by atoms with Gasteiger partial charge in [-0.05, 0) is 72.2 Å². The Morgan fingerprint density at radius 3 is 2.50 bits per heavy atom. The van der Waals surface area contributed by atoms with Crippen LogP contribution in [-0.4, -0.2) is 85.8 Å². The number of rotatable bonds is 9. The third-order valence-electron chi connectivity index (χ3n) is 7.07. The minimum Gasteiger partial charge on any atom is -0.496 e. The Bertz CT molecular complexity index is 975. The molecule has 0 unspecified atom stereocenters. The molecule has 3 heterocycles. The van der Waals surface area contributed by atoms with Crippen LogP contribution in [0.25, 0.3) is 17.0 Å². The summed E-state index contributed by atoms with van der Waals surface area (Å²) in [6, 6.07) is 5.31. The molecule has 1 aromatic carbocycles. The van der Waals surface area contributed by atoms with E-state index in [1.54, 1.807) is 7.11 Å². The summed E-state index contributed by atoms with van der Waals surface area (Å²) in [5, 5.41) is 4.84. The first-order chi connectivity index (χ1) is 16.4. The Hall–Kier alpha value is -2.38. The average molecular weight is 467 g/mol. The van der Waals surface area contributed by atoms with Crippen LogP contribution in [0.5, 0.6) is 5.75 Å². The van der Waals surface area contributed by atoms with Gasteiger partial charge in [0.2, 0.25) is 5.95 Å². The van der Waals surface area contributed by atoms with Gasteiger partial charge >= 0.3 is 0 Å². The Morgan fingerprint density at radius 2 is 1.85 bits per heavy atom. The van der Waals surface area contributed by atoms with E-state index in [1.807, 2.05) is 0 Å². The molecular weight excluding hydrogens is 424 g/mol. The summed E-state index contributed by atoms with van der Waals surface area (Å²) in [6.45, 7) is 9.92. The highest BCUT2D eigenvalue weighted by Gasteiger charge is 2.23. The summed E-state index contributed by atoms with van der Waals surface area (Å²) >= 11 is 0. The fourth-order valence-corrected chi connectivity index (χ4v) is 4.93. The number of nitrogens with zero attached hydrogens (tertiary/aromatic N) is 5. The standard InChI is InChI=1S/C27H42N6O/c1-20(2)32-16-11-22(12-17-32)28-26-23-19-25(34-5)21(10-6-7-13-31(3)4)18-24(23)29-27(30-26)33-14-8-9-15-33/h6,10,18-20,22H,7-9,11-17H2,1-5H3,(H,28,29,30)/b10-6+. The fraction of sp³-hybridized carbons (Fsp3) is 0.630. The molecule has 0 saturated carbocycles. The minimum atomic E-state index is 0.427. The van der Waals surface area contributed by atoms with Gasteiger partial charge in [0.15, 0.2) is 0 Å². The lowest BCUT2D eigenvalue weighted by Crippen LogP contribution is -2.42. The molecule has 1 N–H and O–H groups in total.